The van der Waals surface area contributed by atoms with Gasteiger partial charge in [-0.15, -0.1) is 10.2 Å². The predicted octanol–water partition coefficient (Wildman–Crippen LogP) is 3.04. The van der Waals surface area contributed by atoms with Gasteiger partial charge in [-0.3, -0.25) is 0 Å². The number of fused-ring (bicyclic) bond motifs is 3. The summed E-state index contributed by atoms with van der Waals surface area (Å²) < 4.78 is 12.5. The molecular weight excluding hydrogens is 472 g/mol. The second-order valence-corrected chi connectivity index (χ2v) is 8.36. The molecule has 0 saturated heterocycles. The first-order chi connectivity index (χ1) is 14.5. The molecule has 0 amide bonds. The second-order valence-electron chi connectivity index (χ2n) is 6.21. The molecule has 1 atom stereocenters. The zero-order valence-electron chi connectivity index (χ0n) is 15.8. The molecule has 4 rings (SSSR count). The number of halogens is 1. The van der Waals surface area contributed by atoms with Gasteiger partial charge in [-0.1, -0.05) is 46.7 Å². The fourth-order valence-corrected chi connectivity index (χ4v) is 3.83. The maximum atomic E-state index is 10.9. The fraction of sp³-hybridized carbons (Fsp3) is 0.200. The van der Waals surface area contributed by atoms with E-state index in [0.29, 0.717) is 28.0 Å². The van der Waals surface area contributed by atoms with Crippen LogP contribution in [0.2, 0.25) is 0 Å². The summed E-state index contributed by atoms with van der Waals surface area (Å²) in [6.45, 7) is 1.44. The zero-order valence-corrected chi connectivity index (χ0v) is 18.2. The van der Waals surface area contributed by atoms with Crippen LogP contribution >= 0.6 is 27.7 Å². The number of aromatic nitrogens is 3. The third-order valence-electron chi connectivity index (χ3n) is 4.21. The van der Waals surface area contributed by atoms with Gasteiger partial charge in [0.05, 0.1) is 11.5 Å². The summed E-state index contributed by atoms with van der Waals surface area (Å²) in [4.78, 5) is 15.4. The highest BCUT2D eigenvalue weighted by Crippen LogP contribution is 2.42. The highest BCUT2D eigenvalue weighted by atomic mass is 79.9. The maximum Gasteiger partial charge on any atom is 0.247 e. The molecule has 1 aliphatic heterocycles. The van der Waals surface area contributed by atoms with Crippen molar-refractivity contribution in [2.45, 2.75) is 18.3 Å². The molecule has 30 heavy (non-hydrogen) atoms. The summed E-state index contributed by atoms with van der Waals surface area (Å²) in [6.07, 6.45) is -0.694. The van der Waals surface area contributed by atoms with E-state index in [2.05, 4.69) is 36.4 Å². The molecular formula is C20H16BrN4O4S-. The number of ether oxygens (including phenoxy) is 2. The number of carbonyl (C=O) groups is 1. The third-order valence-corrected chi connectivity index (χ3v) is 5.42. The lowest BCUT2D eigenvalue weighted by atomic mass is 10.1. The van der Waals surface area contributed by atoms with Crippen LogP contribution in [0, 0.1) is 0 Å². The Morgan fingerprint density at radius 1 is 1.30 bits per heavy atom. The van der Waals surface area contributed by atoms with Crippen molar-refractivity contribution in [3.8, 4) is 22.9 Å². The van der Waals surface area contributed by atoms with Crippen LogP contribution in [0.25, 0.3) is 11.3 Å². The number of benzene rings is 2. The van der Waals surface area contributed by atoms with Crippen molar-refractivity contribution in [2.24, 2.45) is 0 Å². The minimum absolute atomic E-state index is 0.324. The largest absolute Gasteiger partial charge is 0.546 e. The van der Waals surface area contributed by atoms with E-state index < -0.39 is 18.8 Å². The highest BCUT2D eigenvalue weighted by molar-refractivity contribution is 9.10. The Kier molecular flexibility index (Phi) is 6.05. The number of thioether (sulfide) groups is 1. The first-order valence-corrected chi connectivity index (χ1v) is 10.8. The molecule has 2 aromatic carbocycles. The summed E-state index contributed by atoms with van der Waals surface area (Å²) in [6, 6.07) is 12.7. The van der Waals surface area contributed by atoms with E-state index in [1.54, 1.807) is 18.2 Å². The van der Waals surface area contributed by atoms with Gasteiger partial charge in [0.1, 0.15) is 12.4 Å². The lowest BCUT2D eigenvalue weighted by Gasteiger charge is -2.22. The average molecular weight is 488 g/mol. The minimum Gasteiger partial charge on any atom is -0.546 e. The number of carboxylic acid groups (broad SMARTS) is 1. The molecule has 1 aliphatic rings. The molecule has 154 valence electrons. The van der Waals surface area contributed by atoms with Gasteiger partial charge in [0, 0.05) is 15.7 Å². The Labute approximate surface area is 185 Å². The molecule has 0 aliphatic carbocycles. The molecule has 1 aromatic heterocycles. The topological polar surface area (TPSA) is 109 Å². The number of nitrogens with zero attached hydrogens (tertiary/aromatic N) is 3. The van der Waals surface area contributed by atoms with E-state index in [0.717, 1.165) is 21.5 Å². The number of para-hydroxylation sites is 1. The maximum absolute atomic E-state index is 10.9. The summed E-state index contributed by atoms with van der Waals surface area (Å²) >= 11 is 4.95. The number of nitrogens with one attached hydrogen (secondary N) is 1. The highest BCUT2D eigenvalue weighted by Gasteiger charge is 2.28. The average Bonchev–Trinajstić information content (AvgIpc) is 2.89. The van der Waals surface area contributed by atoms with Gasteiger partial charge >= 0.3 is 0 Å². The van der Waals surface area contributed by atoms with E-state index >= 15 is 0 Å². The second kappa shape index (κ2) is 8.88. The molecule has 0 bridgehead atoms. The van der Waals surface area contributed by atoms with Crippen LogP contribution in [0.3, 0.4) is 0 Å². The lowest BCUT2D eigenvalue weighted by molar-refractivity contribution is -0.307. The molecule has 8 nitrogen and oxygen atoms in total. The summed E-state index contributed by atoms with van der Waals surface area (Å²) in [5.74, 6) is 0.180. The summed E-state index contributed by atoms with van der Waals surface area (Å²) in [7, 11) is 0. The first-order valence-electron chi connectivity index (χ1n) is 9.07. The van der Waals surface area contributed by atoms with E-state index in [9.17, 15) is 9.90 Å². The van der Waals surface area contributed by atoms with Crippen LogP contribution < -0.4 is 19.9 Å². The predicted molar refractivity (Wildman–Crippen MR) is 113 cm³/mol. The van der Waals surface area contributed by atoms with E-state index in [1.165, 1.54) is 11.8 Å². The van der Waals surface area contributed by atoms with Gasteiger partial charge in [-0.25, -0.2) is 0 Å². The number of carbonyl (C=O) groups excluding carboxylic acids is 1. The van der Waals surface area contributed by atoms with Gasteiger partial charge < -0.3 is 24.7 Å². The van der Waals surface area contributed by atoms with E-state index in [4.69, 9.17) is 9.47 Å². The monoisotopic (exact) mass is 487 g/mol. The summed E-state index contributed by atoms with van der Waals surface area (Å²) in [5, 5.41) is 23.2. The van der Waals surface area contributed by atoms with Crippen LogP contribution in [0.4, 0.5) is 5.69 Å². The fourth-order valence-electron chi connectivity index (χ4n) is 2.97. The van der Waals surface area contributed by atoms with Gasteiger partial charge in [0.25, 0.3) is 0 Å². The Bertz CT molecular complexity index is 1100. The Morgan fingerprint density at radius 3 is 2.93 bits per heavy atom. The van der Waals surface area contributed by atoms with Gasteiger partial charge in [0.2, 0.25) is 17.3 Å². The molecule has 3 aromatic rings. The molecule has 0 saturated carbocycles. The van der Waals surface area contributed by atoms with Crippen LogP contribution in [-0.2, 0) is 4.79 Å². The molecule has 10 heteroatoms. The first kappa shape index (κ1) is 20.4. The molecule has 2 heterocycles. The molecule has 1 N–H and O–H groups in total. The Balaban J connectivity index is 1.80. The van der Waals surface area contributed by atoms with Crippen molar-refractivity contribution >= 4 is 39.3 Å². The quantitative estimate of drug-likeness (QED) is 0.524. The number of hydrogen-bond donors (Lipinski definition) is 1. The number of anilines is 1. The van der Waals surface area contributed by atoms with Crippen molar-refractivity contribution in [1.29, 1.82) is 0 Å². The zero-order chi connectivity index (χ0) is 21.1. The van der Waals surface area contributed by atoms with Crippen molar-refractivity contribution in [3.05, 3.63) is 52.5 Å². The standard InChI is InChI=1S/C20H17BrN4O4S/c1-2-30-20-23-19-17(24-25-20)13-9-11(21)7-8-14(13)22-18(29-19)12-5-3-4-6-15(12)28-10-16(26)27/h3-9,18,22H,2,10H2,1H3,(H,26,27)/p-1/t18-/m1/s1. The number of hydrogen-bond acceptors (Lipinski definition) is 9. The van der Waals surface area contributed by atoms with Gasteiger partial charge in [-0.05, 0) is 36.1 Å². The van der Waals surface area contributed by atoms with E-state index in [-0.39, 0.29) is 0 Å². The smallest absolute Gasteiger partial charge is 0.247 e. The van der Waals surface area contributed by atoms with Crippen LogP contribution in [0.5, 0.6) is 11.6 Å². The van der Waals surface area contributed by atoms with E-state index in [1.807, 2.05) is 31.2 Å². The molecule has 0 fully saturated rings. The van der Waals surface area contributed by atoms with Crippen molar-refractivity contribution in [3.63, 3.8) is 0 Å². The van der Waals surface area contributed by atoms with Crippen LogP contribution in [-0.4, -0.2) is 33.5 Å². The van der Waals surface area contributed by atoms with Crippen molar-refractivity contribution < 1.29 is 19.4 Å². The SMILES string of the molecule is CCSc1nnc2c(n1)O[C@H](c1ccccc1OCC(=O)[O-])Nc1ccc(Br)cc1-2. The van der Waals surface area contributed by atoms with Crippen LogP contribution in [0.15, 0.2) is 52.1 Å². The van der Waals surface area contributed by atoms with Gasteiger partial charge in [-0.2, -0.15) is 4.98 Å². The summed E-state index contributed by atoms with van der Waals surface area (Å²) in [5.41, 5.74) is 2.67. The normalized spacial score (nSPS) is 14.5. The van der Waals surface area contributed by atoms with Crippen molar-refractivity contribution in [2.75, 3.05) is 17.7 Å². The number of carboxylic acids is 1. The van der Waals surface area contributed by atoms with Gasteiger partial charge in [0.15, 0.2) is 5.69 Å². The Morgan fingerprint density at radius 2 is 2.13 bits per heavy atom. The molecule has 0 radical (unpaired) electrons. The van der Waals surface area contributed by atoms with Crippen LogP contribution in [0.1, 0.15) is 18.7 Å². The molecule has 0 spiro atoms. The third kappa shape index (κ3) is 4.34. The number of aliphatic carboxylic acids is 1. The Hall–Kier alpha value is -2.85. The number of rotatable bonds is 6. The molecule has 0 unspecified atom stereocenters. The lowest BCUT2D eigenvalue weighted by Crippen LogP contribution is -2.29. The van der Waals surface area contributed by atoms with Crippen molar-refractivity contribution in [1.82, 2.24) is 15.2 Å². The minimum atomic E-state index is -1.31.